The number of carbonyl (C=O) groups is 1. The van der Waals surface area contributed by atoms with Crippen LogP contribution in [-0.2, 0) is 6.18 Å². The van der Waals surface area contributed by atoms with E-state index in [-0.39, 0.29) is 36.3 Å². The number of piperazine rings is 1. The molecular formula is C29H30F5N7O3. The third-order valence-corrected chi connectivity index (χ3v) is 7.87. The molecule has 15 heteroatoms. The predicted molar refractivity (Wildman–Crippen MR) is 154 cm³/mol. The molecule has 0 unspecified atom stereocenters. The van der Waals surface area contributed by atoms with E-state index in [0.717, 1.165) is 6.07 Å². The SMILES string of the molecule is COc1cnc(N2CC=C(c3c(F)cc(N4CCN(C)[C@@H](C)C4)c(NC(=O)c4c[nH]c(=O)cc4C(F)(F)F)c3F)CC2)nc1. The Kier molecular flexibility index (Phi) is 8.59. The number of methoxy groups -OCH3 is 1. The van der Waals surface area contributed by atoms with Gasteiger partial charge in [0.25, 0.3) is 5.91 Å². The zero-order chi connectivity index (χ0) is 31.8. The highest BCUT2D eigenvalue weighted by atomic mass is 19.4. The number of benzene rings is 1. The second kappa shape index (κ2) is 12.2. The molecule has 44 heavy (non-hydrogen) atoms. The lowest BCUT2D eigenvalue weighted by atomic mass is 9.96. The van der Waals surface area contributed by atoms with Gasteiger partial charge in [0, 0.05) is 57.1 Å². The maximum Gasteiger partial charge on any atom is 0.417 e. The van der Waals surface area contributed by atoms with E-state index in [1.54, 1.807) is 15.9 Å². The zero-order valence-electron chi connectivity index (χ0n) is 24.1. The maximum atomic E-state index is 16.4. The van der Waals surface area contributed by atoms with Crippen molar-refractivity contribution in [1.29, 1.82) is 0 Å². The number of rotatable bonds is 6. The molecular weight excluding hydrogens is 589 g/mol. The van der Waals surface area contributed by atoms with Crippen molar-refractivity contribution in [2.45, 2.75) is 25.6 Å². The quantitative estimate of drug-likeness (QED) is 0.397. The van der Waals surface area contributed by atoms with Crippen molar-refractivity contribution >= 4 is 28.8 Å². The molecule has 0 bridgehead atoms. The number of hydrogen-bond acceptors (Lipinski definition) is 8. The van der Waals surface area contributed by atoms with Crippen molar-refractivity contribution in [3.05, 3.63) is 75.5 Å². The van der Waals surface area contributed by atoms with Gasteiger partial charge in [-0.1, -0.05) is 6.08 Å². The first-order valence-electron chi connectivity index (χ1n) is 13.8. The van der Waals surface area contributed by atoms with Crippen LogP contribution in [-0.4, -0.2) is 78.7 Å². The third-order valence-electron chi connectivity index (χ3n) is 7.87. The summed E-state index contributed by atoms with van der Waals surface area (Å²) in [5.41, 5.74) is -3.98. The molecule has 1 fully saturated rings. The summed E-state index contributed by atoms with van der Waals surface area (Å²) in [4.78, 5) is 41.0. The lowest BCUT2D eigenvalue weighted by Gasteiger charge is -2.40. The first-order valence-corrected chi connectivity index (χ1v) is 13.8. The van der Waals surface area contributed by atoms with Gasteiger partial charge in [-0.15, -0.1) is 0 Å². The van der Waals surface area contributed by atoms with Gasteiger partial charge in [0.15, 0.2) is 11.6 Å². The van der Waals surface area contributed by atoms with Gasteiger partial charge in [-0.3, -0.25) is 9.59 Å². The number of aromatic nitrogens is 3. The van der Waals surface area contributed by atoms with Crippen LogP contribution in [0.4, 0.5) is 39.3 Å². The molecule has 2 aliphatic rings. The standard InChI is InChI=1S/C29H30F5N7O3/c1-16-15-41(9-8-39(16)2)22-11-21(30)24(17-4-6-40(7-5-17)28-36-12-18(44-3)13-37-28)25(31)26(22)38-27(43)19-14-35-23(42)10-20(19)29(32,33)34/h4,10-14,16H,5-9,15H2,1-3H3,(H,35,42)(H,38,43)/t16-/m0/s1. The average Bonchev–Trinajstić information content (AvgIpc) is 2.99. The van der Waals surface area contributed by atoms with Gasteiger partial charge < -0.3 is 29.7 Å². The van der Waals surface area contributed by atoms with E-state index in [4.69, 9.17) is 4.74 Å². The lowest BCUT2D eigenvalue weighted by Crippen LogP contribution is -2.50. The number of amides is 1. The summed E-state index contributed by atoms with van der Waals surface area (Å²) in [5, 5.41) is 2.28. The van der Waals surface area contributed by atoms with Crippen LogP contribution in [0.25, 0.3) is 5.57 Å². The van der Waals surface area contributed by atoms with Gasteiger partial charge in [0.1, 0.15) is 11.5 Å². The number of nitrogens with zero attached hydrogens (tertiary/aromatic N) is 5. The maximum absolute atomic E-state index is 16.4. The van der Waals surface area contributed by atoms with Crippen LogP contribution in [0.1, 0.15) is 34.8 Å². The number of halogens is 5. The van der Waals surface area contributed by atoms with E-state index in [1.165, 1.54) is 19.5 Å². The minimum atomic E-state index is -5.03. The Morgan fingerprint density at radius 2 is 1.84 bits per heavy atom. The molecule has 0 spiro atoms. The highest BCUT2D eigenvalue weighted by Gasteiger charge is 2.37. The number of H-pyrrole nitrogens is 1. The summed E-state index contributed by atoms with van der Waals surface area (Å²) in [7, 11) is 3.39. The van der Waals surface area contributed by atoms with Crippen molar-refractivity contribution in [2.24, 2.45) is 0 Å². The van der Waals surface area contributed by atoms with E-state index in [2.05, 4.69) is 25.2 Å². The van der Waals surface area contributed by atoms with Gasteiger partial charge in [0.05, 0.1) is 41.9 Å². The molecule has 2 aliphatic heterocycles. The minimum Gasteiger partial charge on any atom is -0.494 e. The molecule has 4 heterocycles. The molecule has 234 valence electrons. The van der Waals surface area contributed by atoms with E-state index in [1.807, 2.05) is 14.0 Å². The Balaban J connectivity index is 1.53. The Labute approximate surface area is 249 Å². The first-order chi connectivity index (χ1) is 20.9. The predicted octanol–water partition coefficient (Wildman–Crippen LogP) is 4.16. The fourth-order valence-electron chi connectivity index (χ4n) is 5.27. The van der Waals surface area contributed by atoms with E-state index < -0.39 is 46.1 Å². The summed E-state index contributed by atoms with van der Waals surface area (Å²) in [5.74, 6) is -2.43. The van der Waals surface area contributed by atoms with Crippen LogP contribution < -0.4 is 25.4 Å². The lowest BCUT2D eigenvalue weighted by molar-refractivity contribution is -0.138. The molecule has 1 saturated heterocycles. The summed E-state index contributed by atoms with van der Waals surface area (Å²) < 4.78 is 78.4. The highest BCUT2D eigenvalue weighted by Crippen LogP contribution is 2.39. The van der Waals surface area contributed by atoms with E-state index in [9.17, 15) is 22.8 Å². The smallest absolute Gasteiger partial charge is 0.417 e. The molecule has 3 aromatic rings. The molecule has 2 N–H and O–H groups in total. The molecule has 0 radical (unpaired) electrons. The van der Waals surface area contributed by atoms with Gasteiger partial charge in [-0.25, -0.2) is 18.7 Å². The number of likely N-dealkylation sites (N-methyl/N-ethyl adjacent to an activating group) is 1. The van der Waals surface area contributed by atoms with Crippen LogP contribution in [0.15, 0.2) is 41.6 Å². The van der Waals surface area contributed by atoms with Crippen LogP contribution in [0, 0.1) is 11.6 Å². The summed E-state index contributed by atoms with van der Waals surface area (Å²) in [6, 6.07) is 1.35. The van der Waals surface area contributed by atoms with E-state index >= 15 is 8.78 Å². The molecule has 10 nitrogen and oxygen atoms in total. The number of nitrogens with one attached hydrogen (secondary N) is 2. The molecule has 1 aromatic carbocycles. The number of anilines is 3. The van der Waals surface area contributed by atoms with Gasteiger partial charge >= 0.3 is 6.18 Å². The zero-order valence-corrected chi connectivity index (χ0v) is 24.1. The monoisotopic (exact) mass is 619 g/mol. The Hall–Kier alpha value is -4.53. The van der Waals surface area contributed by atoms with Crippen molar-refractivity contribution < 1.29 is 31.5 Å². The molecule has 5 rings (SSSR count). The molecule has 0 saturated carbocycles. The van der Waals surface area contributed by atoms with Crippen molar-refractivity contribution in [1.82, 2.24) is 19.9 Å². The Bertz CT molecular complexity index is 1640. The fourth-order valence-corrected chi connectivity index (χ4v) is 5.27. The number of pyridine rings is 1. The third kappa shape index (κ3) is 6.23. The summed E-state index contributed by atoms with van der Waals surface area (Å²) in [6.07, 6.45) is 0.404. The topological polar surface area (TPSA) is 107 Å². The summed E-state index contributed by atoms with van der Waals surface area (Å²) >= 11 is 0. The van der Waals surface area contributed by atoms with Crippen molar-refractivity contribution in [2.75, 3.05) is 62.0 Å². The average molecular weight is 620 g/mol. The Morgan fingerprint density at radius 1 is 1.11 bits per heavy atom. The molecule has 1 amide bonds. The number of hydrogen-bond donors (Lipinski definition) is 2. The minimum absolute atomic E-state index is 0.000276. The fraction of sp³-hybridized carbons (Fsp3) is 0.379. The molecule has 0 aliphatic carbocycles. The van der Waals surface area contributed by atoms with Crippen LogP contribution in [0.3, 0.4) is 0 Å². The Morgan fingerprint density at radius 3 is 2.45 bits per heavy atom. The second-order valence-corrected chi connectivity index (χ2v) is 10.6. The van der Waals surface area contributed by atoms with E-state index in [0.29, 0.717) is 49.6 Å². The molecule has 1 atom stereocenters. The van der Waals surface area contributed by atoms with Crippen molar-refractivity contribution in [3.8, 4) is 5.75 Å². The van der Waals surface area contributed by atoms with Gasteiger partial charge in [-0.05, 0) is 26.0 Å². The van der Waals surface area contributed by atoms with Crippen molar-refractivity contribution in [3.63, 3.8) is 0 Å². The highest BCUT2D eigenvalue weighted by molar-refractivity contribution is 6.07. The van der Waals surface area contributed by atoms with Gasteiger partial charge in [-0.2, -0.15) is 13.2 Å². The first kappa shape index (κ1) is 30.9. The number of ether oxygens (including phenoxy) is 1. The summed E-state index contributed by atoms with van der Waals surface area (Å²) in [6.45, 7) is 3.73. The van der Waals surface area contributed by atoms with Crippen LogP contribution >= 0.6 is 0 Å². The van der Waals surface area contributed by atoms with Gasteiger partial charge in [0.2, 0.25) is 11.5 Å². The largest absolute Gasteiger partial charge is 0.494 e. The number of alkyl halides is 3. The second-order valence-electron chi connectivity index (χ2n) is 10.6. The van der Waals surface area contributed by atoms with Crippen LogP contribution in [0.5, 0.6) is 5.75 Å². The number of carbonyl (C=O) groups excluding carboxylic acids is 1. The number of aromatic amines is 1. The molecule has 2 aromatic heterocycles. The normalized spacial score (nSPS) is 17.8. The van der Waals surface area contributed by atoms with Crippen LogP contribution in [0.2, 0.25) is 0 Å².